The summed E-state index contributed by atoms with van der Waals surface area (Å²) < 4.78 is 0. The summed E-state index contributed by atoms with van der Waals surface area (Å²) in [6.07, 6.45) is 0. The highest BCUT2D eigenvalue weighted by Gasteiger charge is 2.35. The van der Waals surface area contributed by atoms with E-state index in [0.29, 0.717) is 6.54 Å². The van der Waals surface area contributed by atoms with Crippen LogP contribution in [0.15, 0.2) is 30.3 Å². The van der Waals surface area contributed by atoms with E-state index in [1.165, 1.54) is 0 Å². The van der Waals surface area contributed by atoms with E-state index in [2.05, 4.69) is 19.2 Å². The highest BCUT2D eigenvalue weighted by molar-refractivity contribution is 5.98. The zero-order valence-electron chi connectivity index (χ0n) is 10.0. The molecule has 1 aliphatic heterocycles. The number of carbonyl (C=O) groups is 1. The van der Waals surface area contributed by atoms with Gasteiger partial charge in [-0.25, -0.2) is 0 Å². The molecule has 86 valence electrons. The van der Waals surface area contributed by atoms with Crippen molar-refractivity contribution in [3.05, 3.63) is 30.3 Å². The third-order valence-corrected chi connectivity index (χ3v) is 2.86. The molecule has 1 aliphatic rings. The monoisotopic (exact) mass is 218 g/mol. The maximum Gasteiger partial charge on any atom is 0.243 e. The number of carbonyl (C=O) groups excluding carboxylic acids is 1. The number of amides is 1. The van der Waals surface area contributed by atoms with Crippen LogP contribution in [-0.4, -0.2) is 24.0 Å². The van der Waals surface area contributed by atoms with Gasteiger partial charge < -0.3 is 4.90 Å². The minimum absolute atomic E-state index is 0.0385. The van der Waals surface area contributed by atoms with Gasteiger partial charge in [0.1, 0.15) is 0 Å². The Morgan fingerprint density at radius 3 is 2.56 bits per heavy atom. The first kappa shape index (κ1) is 11.1. The first-order valence-corrected chi connectivity index (χ1v) is 5.64. The lowest BCUT2D eigenvalue weighted by molar-refractivity contribution is -0.122. The Morgan fingerprint density at radius 1 is 1.31 bits per heavy atom. The van der Waals surface area contributed by atoms with E-state index in [0.717, 1.165) is 5.69 Å². The molecule has 0 bridgehead atoms. The van der Waals surface area contributed by atoms with Gasteiger partial charge in [0.05, 0.1) is 6.04 Å². The average Bonchev–Trinajstić information content (AvgIpc) is 2.24. The van der Waals surface area contributed by atoms with E-state index in [-0.39, 0.29) is 17.5 Å². The zero-order chi connectivity index (χ0) is 11.8. The molecule has 1 saturated heterocycles. The second-order valence-electron chi connectivity index (χ2n) is 5.01. The fourth-order valence-corrected chi connectivity index (χ4v) is 2.23. The largest absolute Gasteiger partial charge is 0.309 e. The number of para-hydroxylation sites is 1. The third kappa shape index (κ3) is 2.09. The van der Waals surface area contributed by atoms with E-state index < -0.39 is 0 Å². The molecule has 1 amide bonds. The summed E-state index contributed by atoms with van der Waals surface area (Å²) in [5, 5.41) is 3.31. The van der Waals surface area contributed by atoms with Crippen LogP contribution < -0.4 is 10.2 Å². The molecule has 3 nitrogen and oxygen atoms in total. The molecule has 0 saturated carbocycles. The minimum atomic E-state index is -0.121. The molecule has 1 fully saturated rings. The van der Waals surface area contributed by atoms with Crippen LogP contribution in [0.3, 0.4) is 0 Å². The molecule has 0 aromatic heterocycles. The maximum atomic E-state index is 12.1. The van der Waals surface area contributed by atoms with Gasteiger partial charge >= 0.3 is 0 Å². The fraction of sp³-hybridized carbons (Fsp3) is 0.462. The molecule has 0 spiro atoms. The summed E-state index contributed by atoms with van der Waals surface area (Å²) in [5.74, 6) is 0.144. The Kier molecular flexibility index (Phi) is 2.72. The van der Waals surface area contributed by atoms with Crippen molar-refractivity contribution in [1.29, 1.82) is 0 Å². The summed E-state index contributed by atoms with van der Waals surface area (Å²) in [4.78, 5) is 13.9. The highest BCUT2D eigenvalue weighted by atomic mass is 16.2. The zero-order valence-corrected chi connectivity index (χ0v) is 10.0. The van der Waals surface area contributed by atoms with Crippen LogP contribution in [0, 0.1) is 0 Å². The quantitative estimate of drug-likeness (QED) is 0.779. The van der Waals surface area contributed by atoms with Gasteiger partial charge in [-0.15, -0.1) is 0 Å². The summed E-state index contributed by atoms with van der Waals surface area (Å²) >= 11 is 0. The Bertz CT molecular complexity index is 386. The Labute approximate surface area is 96.5 Å². The van der Waals surface area contributed by atoms with Crippen LogP contribution in [0.25, 0.3) is 0 Å². The smallest absolute Gasteiger partial charge is 0.243 e. The number of benzene rings is 1. The second kappa shape index (κ2) is 3.91. The van der Waals surface area contributed by atoms with E-state index >= 15 is 0 Å². The summed E-state index contributed by atoms with van der Waals surface area (Å²) in [6, 6.07) is 9.72. The van der Waals surface area contributed by atoms with Crippen molar-refractivity contribution in [3.8, 4) is 0 Å². The van der Waals surface area contributed by atoms with E-state index in [1.807, 2.05) is 42.2 Å². The fourth-order valence-electron chi connectivity index (χ4n) is 2.23. The van der Waals surface area contributed by atoms with Crippen LogP contribution in [0.5, 0.6) is 0 Å². The predicted octanol–water partition coefficient (Wildman–Crippen LogP) is 1.79. The molecule has 0 radical (unpaired) electrons. The molecular weight excluding hydrogens is 200 g/mol. The topological polar surface area (TPSA) is 32.3 Å². The highest BCUT2D eigenvalue weighted by Crippen LogP contribution is 2.22. The third-order valence-electron chi connectivity index (χ3n) is 2.86. The normalized spacial score (nSPS) is 24.6. The van der Waals surface area contributed by atoms with Crippen LogP contribution in [-0.2, 0) is 4.79 Å². The van der Waals surface area contributed by atoms with Gasteiger partial charge in [0.15, 0.2) is 0 Å². The molecule has 2 rings (SSSR count). The minimum Gasteiger partial charge on any atom is -0.309 e. The number of anilines is 1. The lowest BCUT2D eigenvalue weighted by atomic mass is 9.98. The van der Waals surface area contributed by atoms with Gasteiger partial charge in [-0.1, -0.05) is 18.2 Å². The second-order valence-corrected chi connectivity index (χ2v) is 5.01. The van der Waals surface area contributed by atoms with Gasteiger partial charge in [-0.2, -0.15) is 0 Å². The number of hydrogen-bond acceptors (Lipinski definition) is 2. The van der Waals surface area contributed by atoms with Gasteiger partial charge in [0.25, 0.3) is 0 Å². The van der Waals surface area contributed by atoms with Gasteiger partial charge in [0, 0.05) is 17.8 Å². The molecular formula is C13H18N2O. The first-order chi connectivity index (χ1) is 7.49. The number of nitrogens with zero attached hydrogens (tertiary/aromatic N) is 1. The Hall–Kier alpha value is -1.35. The van der Waals surface area contributed by atoms with Gasteiger partial charge in [0.2, 0.25) is 5.91 Å². The van der Waals surface area contributed by atoms with Crippen molar-refractivity contribution in [2.45, 2.75) is 32.4 Å². The molecule has 1 heterocycles. The Balaban J connectivity index is 2.30. The number of nitrogens with one attached hydrogen (secondary N) is 1. The van der Waals surface area contributed by atoms with Crippen molar-refractivity contribution >= 4 is 11.6 Å². The first-order valence-electron chi connectivity index (χ1n) is 5.64. The molecule has 1 aromatic rings. The van der Waals surface area contributed by atoms with Crippen LogP contribution in [0.1, 0.15) is 20.8 Å². The summed E-state index contributed by atoms with van der Waals surface area (Å²) in [5.41, 5.74) is 0.942. The molecule has 16 heavy (non-hydrogen) atoms. The maximum absolute atomic E-state index is 12.1. The Morgan fingerprint density at radius 2 is 1.94 bits per heavy atom. The van der Waals surface area contributed by atoms with Crippen molar-refractivity contribution in [1.82, 2.24) is 5.32 Å². The summed E-state index contributed by atoms with van der Waals surface area (Å²) in [6.45, 7) is 6.86. The lowest BCUT2D eigenvalue weighted by Gasteiger charge is -2.42. The van der Waals surface area contributed by atoms with E-state index in [1.54, 1.807) is 0 Å². The van der Waals surface area contributed by atoms with Crippen LogP contribution in [0.2, 0.25) is 0 Å². The number of hydrogen-bond donors (Lipinski definition) is 1. The van der Waals surface area contributed by atoms with E-state index in [4.69, 9.17) is 0 Å². The molecule has 1 unspecified atom stereocenters. The van der Waals surface area contributed by atoms with Crippen LogP contribution >= 0.6 is 0 Å². The summed E-state index contributed by atoms with van der Waals surface area (Å²) in [7, 11) is 0. The number of piperazine rings is 1. The molecule has 1 aromatic carbocycles. The standard InChI is InChI=1S/C13H18N2O/c1-10-12(16)15(9-13(2,3)14-10)11-7-5-4-6-8-11/h4-8,10,14H,9H2,1-3H3. The molecule has 1 N–H and O–H groups in total. The lowest BCUT2D eigenvalue weighted by Crippen LogP contribution is -2.64. The molecule has 3 heteroatoms. The van der Waals surface area contributed by atoms with Gasteiger partial charge in [-0.05, 0) is 32.9 Å². The van der Waals surface area contributed by atoms with Crippen molar-refractivity contribution < 1.29 is 4.79 Å². The van der Waals surface area contributed by atoms with Crippen molar-refractivity contribution in [2.24, 2.45) is 0 Å². The molecule has 1 atom stereocenters. The van der Waals surface area contributed by atoms with E-state index in [9.17, 15) is 4.79 Å². The van der Waals surface area contributed by atoms with Crippen LogP contribution in [0.4, 0.5) is 5.69 Å². The number of rotatable bonds is 1. The van der Waals surface area contributed by atoms with Crippen molar-refractivity contribution in [3.63, 3.8) is 0 Å². The SMILES string of the molecule is CC1NC(C)(C)CN(c2ccccc2)C1=O. The van der Waals surface area contributed by atoms with Gasteiger partial charge in [-0.3, -0.25) is 10.1 Å². The molecule has 0 aliphatic carbocycles. The van der Waals surface area contributed by atoms with Crippen molar-refractivity contribution in [2.75, 3.05) is 11.4 Å². The average molecular weight is 218 g/mol. The predicted molar refractivity (Wildman–Crippen MR) is 65.5 cm³/mol.